The Balaban J connectivity index is 1.84. The highest BCUT2D eigenvalue weighted by Gasteiger charge is 2.33. The number of pyridine rings is 1. The lowest BCUT2D eigenvalue weighted by molar-refractivity contribution is 0.143. The van der Waals surface area contributed by atoms with Crippen molar-refractivity contribution in [2.24, 2.45) is 0 Å². The largest absolute Gasteiger partial charge is 0.442 e. The number of carbonyl (C=O) groups is 1. The number of ether oxygens (including phenoxy) is 1. The highest BCUT2D eigenvalue weighted by atomic mass is 32.1. The van der Waals surface area contributed by atoms with Crippen molar-refractivity contribution in [3.8, 4) is 0 Å². The van der Waals surface area contributed by atoms with Crippen molar-refractivity contribution in [1.29, 1.82) is 0 Å². The Morgan fingerprint density at radius 2 is 2.48 bits per heavy atom. The standard InChI is InChI=1S/C14H15N3O2S2/c1-8-3-11-12(7-21-13(11)16-4-8)17-6-10(19-14(17)18)5-15-9(2)20/h3-4,7,10H,5-6H2,1-2H3,(H,15,20)/t10-/m0/s1. The second-order valence-corrected chi connectivity index (χ2v) is 6.51. The van der Waals surface area contributed by atoms with Gasteiger partial charge in [-0.2, -0.15) is 0 Å². The minimum Gasteiger partial charge on any atom is -0.442 e. The van der Waals surface area contributed by atoms with E-state index >= 15 is 0 Å². The van der Waals surface area contributed by atoms with E-state index in [1.54, 1.807) is 4.90 Å². The van der Waals surface area contributed by atoms with Crippen molar-refractivity contribution in [3.63, 3.8) is 0 Å². The average Bonchev–Trinajstić information content (AvgIpc) is 2.99. The van der Waals surface area contributed by atoms with Crippen LogP contribution in [0.5, 0.6) is 0 Å². The molecular formula is C14H15N3O2S2. The predicted octanol–water partition coefficient (Wildman–Crippen LogP) is 2.87. The fourth-order valence-corrected chi connectivity index (χ4v) is 3.27. The Morgan fingerprint density at radius 3 is 3.24 bits per heavy atom. The summed E-state index contributed by atoms with van der Waals surface area (Å²) in [6.07, 6.45) is 1.33. The molecule has 0 spiro atoms. The van der Waals surface area contributed by atoms with Crippen LogP contribution in [0.2, 0.25) is 0 Å². The molecule has 1 fully saturated rings. The van der Waals surface area contributed by atoms with Crippen LogP contribution in [0.25, 0.3) is 10.2 Å². The molecular weight excluding hydrogens is 306 g/mol. The maximum Gasteiger partial charge on any atom is 0.414 e. The van der Waals surface area contributed by atoms with Crippen molar-refractivity contribution in [2.45, 2.75) is 20.0 Å². The van der Waals surface area contributed by atoms with Gasteiger partial charge in [-0.1, -0.05) is 12.2 Å². The molecule has 3 heterocycles. The zero-order chi connectivity index (χ0) is 15.0. The Kier molecular flexibility index (Phi) is 3.77. The van der Waals surface area contributed by atoms with Gasteiger partial charge in [0.15, 0.2) is 0 Å². The van der Waals surface area contributed by atoms with Crippen molar-refractivity contribution in [2.75, 3.05) is 18.0 Å². The van der Waals surface area contributed by atoms with E-state index in [4.69, 9.17) is 17.0 Å². The third kappa shape index (κ3) is 2.84. The Bertz CT molecular complexity index is 713. The quantitative estimate of drug-likeness (QED) is 0.881. The number of aryl methyl sites for hydroxylation is 1. The molecule has 5 nitrogen and oxygen atoms in total. The van der Waals surface area contributed by atoms with E-state index in [-0.39, 0.29) is 12.2 Å². The molecule has 2 aromatic rings. The topological polar surface area (TPSA) is 54.5 Å². The second kappa shape index (κ2) is 5.57. The SMILES string of the molecule is CC(=S)NC[C@H]1CN(c2csc3ncc(C)cc23)C(=O)O1. The minimum atomic E-state index is -0.315. The van der Waals surface area contributed by atoms with Crippen molar-refractivity contribution >= 4 is 50.5 Å². The molecule has 21 heavy (non-hydrogen) atoms. The number of aromatic nitrogens is 1. The fourth-order valence-electron chi connectivity index (χ4n) is 2.30. The first-order valence-corrected chi connectivity index (χ1v) is 7.90. The summed E-state index contributed by atoms with van der Waals surface area (Å²) in [5.41, 5.74) is 1.95. The monoisotopic (exact) mass is 321 g/mol. The Labute approximate surface area is 131 Å². The third-order valence-corrected chi connectivity index (χ3v) is 4.32. The molecule has 0 radical (unpaired) electrons. The number of fused-ring (bicyclic) bond motifs is 1. The van der Waals surface area contributed by atoms with Crippen LogP contribution in [-0.4, -0.2) is 35.3 Å². The summed E-state index contributed by atoms with van der Waals surface area (Å²) >= 11 is 6.51. The van der Waals surface area contributed by atoms with Crippen LogP contribution in [0.4, 0.5) is 10.5 Å². The summed E-state index contributed by atoms with van der Waals surface area (Å²) in [5, 5.41) is 5.99. The molecule has 0 unspecified atom stereocenters. The maximum absolute atomic E-state index is 12.1. The molecule has 0 bridgehead atoms. The van der Waals surface area contributed by atoms with Gasteiger partial charge in [0, 0.05) is 17.0 Å². The van der Waals surface area contributed by atoms with E-state index in [1.807, 2.05) is 31.5 Å². The molecule has 1 amide bonds. The smallest absolute Gasteiger partial charge is 0.414 e. The molecule has 1 saturated heterocycles. The fraction of sp³-hybridized carbons (Fsp3) is 0.357. The van der Waals surface area contributed by atoms with Gasteiger partial charge in [-0.15, -0.1) is 11.3 Å². The first-order chi connectivity index (χ1) is 10.0. The highest BCUT2D eigenvalue weighted by molar-refractivity contribution is 7.80. The number of nitrogens with one attached hydrogen (secondary N) is 1. The van der Waals surface area contributed by atoms with E-state index in [0.717, 1.165) is 21.5 Å². The van der Waals surface area contributed by atoms with Crippen LogP contribution in [0.1, 0.15) is 12.5 Å². The van der Waals surface area contributed by atoms with Gasteiger partial charge in [0.1, 0.15) is 10.9 Å². The van der Waals surface area contributed by atoms with Crippen LogP contribution >= 0.6 is 23.6 Å². The number of cyclic esters (lactones) is 1. The van der Waals surface area contributed by atoms with Gasteiger partial charge < -0.3 is 10.1 Å². The molecule has 3 rings (SSSR count). The molecule has 0 saturated carbocycles. The summed E-state index contributed by atoms with van der Waals surface area (Å²) in [6.45, 7) is 4.86. The Morgan fingerprint density at radius 1 is 1.67 bits per heavy atom. The molecule has 0 aliphatic carbocycles. The first-order valence-electron chi connectivity index (χ1n) is 6.61. The van der Waals surface area contributed by atoms with Crippen LogP contribution < -0.4 is 10.2 Å². The summed E-state index contributed by atoms with van der Waals surface area (Å²) in [5.74, 6) is 0. The molecule has 110 valence electrons. The number of hydrogen-bond acceptors (Lipinski definition) is 5. The maximum atomic E-state index is 12.1. The van der Waals surface area contributed by atoms with Crippen LogP contribution in [-0.2, 0) is 4.74 Å². The summed E-state index contributed by atoms with van der Waals surface area (Å²) < 4.78 is 5.38. The normalized spacial score (nSPS) is 18.1. The highest BCUT2D eigenvalue weighted by Crippen LogP contribution is 2.34. The van der Waals surface area contributed by atoms with Gasteiger partial charge in [0.2, 0.25) is 0 Å². The van der Waals surface area contributed by atoms with Crippen LogP contribution in [0, 0.1) is 6.92 Å². The molecule has 1 N–H and O–H groups in total. The number of carbonyl (C=O) groups excluding carboxylic acids is 1. The van der Waals surface area contributed by atoms with Gasteiger partial charge in [0.25, 0.3) is 0 Å². The second-order valence-electron chi connectivity index (χ2n) is 5.04. The molecule has 1 atom stereocenters. The molecule has 2 aromatic heterocycles. The zero-order valence-electron chi connectivity index (χ0n) is 11.8. The number of thiophene rings is 1. The van der Waals surface area contributed by atoms with E-state index in [1.165, 1.54) is 11.3 Å². The number of amides is 1. The predicted molar refractivity (Wildman–Crippen MR) is 88.2 cm³/mol. The van der Waals surface area contributed by atoms with Gasteiger partial charge >= 0.3 is 6.09 Å². The van der Waals surface area contributed by atoms with Gasteiger partial charge in [-0.05, 0) is 25.5 Å². The number of anilines is 1. The van der Waals surface area contributed by atoms with E-state index in [9.17, 15) is 4.79 Å². The molecule has 1 aliphatic rings. The number of nitrogens with zero attached hydrogens (tertiary/aromatic N) is 2. The van der Waals surface area contributed by atoms with E-state index in [0.29, 0.717) is 18.1 Å². The third-order valence-electron chi connectivity index (χ3n) is 3.29. The van der Waals surface area contributed by atoms with E-state index in [2.05, 4.69) is 10.3 Å². The lowest BCUT2D eigenvalue weighted by Gasteiger charge is -2.12. The van der Waals surface area contributed by atoms with Crippen LogP contribution in [0.3, 0.4) is 0 Å². The first kappa shape index (κ1) is 14.2. The lowest BCUT2D eigenvalue weighted by atomic mass is 10.2. The van der Waals surface area contributed by atoms with Gasteiger partial charge in [0.05, 0.1) is 23.8 Å². The number of hydrogen-bond donors (Lipinski definition) is 1. The summed E-state index contributed by atoms with van der Waals surface area (Å²) in [6, 6.07) is 2.05. The zero-order valence-corrected chi connectivity index (χ0v) is 13.4. The van der Waals surface area contributed by atoms with E-state index < -0.39 is 0 Å². The van der Waals surface area contributed by atoms with Crippen molar-refractivity contribution < 1.29 is 9.53 Å². The van der Waals surface area contributed by atoms with Crippen molar-refractivity contribution in [1.82, 2.24) is 10.3 Å². The Hall–Kier alpha value is -1.73. The van der Waals surface area contributed by atoms with Crippen LogP contribution in [0.15, 0.2) is 17.6 Å². The summed E-state index contributed by atoms with van der Waals surface area (Å²) in [4.78, 5) is 19.8. The number of thiocarbonyl (C=S) groups is 1. The molecule has 7 heteroatoms. The minimum absolute atomic E-state index is 0.192. The molecule has 1 aliphatic heterocycles. The number of rotatable bonds is 3. The van der Waals surface area contributed by atoms with Crippen molar-refractivity contribution in [3.05, 3.63) is 23.2 Å². The van der Waals surface area contributed by atoms with Gasteiger partial charge in [-0.25, -0.2) is 9.78 Å². The van der Waals surface area contributed by atoms with Gasteiger partial charge in [-0.3, -0.25) is 4.90 Å². The average molecular weight is 321 g/mol. The molecule has 0 aromatic carbocycles. The summed E-state index contributed by atoms with van der Waals surface area (Å²) in [7, 11) is 0. The lowest BCUT2D eigenvalue weighted by Crippen LogP contribution is -2.32.